The van der Waals surface area contributed by atoms with E-state index in [0.29, 0.717) is 11.7 Å². The minimum absolute atomic E-state index is 0. The Kier molecular flexibility index (Phi) is 8.47. The fourth-order valence-electron chi connectivity index (χ4n) is 1.95. The van der Waals surface area contributed by atoms with Crippen LogP contribution in [0.15, 0.2) is 4.52 Å². The van der Waals surface area contributed by atoms with Gasteiger partial charge in [-0.2, -0.15) is 4.98 Å². The van der Waals surface area contributed by atoms with Crippen LogP contribution in [0.5, 0.6) is 0 Å². The molecule has 18 heavy (non-hydrogen) atoms. The SMILES string of the molecule is Cc1noc(CN2CCN(CCN)CC2)n1.Cl.Cl. The van der Waals surface area contributed by atoms with E-state index >= 15 is 0 Å². The molecule has 6 nitrogen and oxygen atoms in total. The topological polar surface area (TPSA) is 71.4 Å². The summed E-state index contributed by atoms with van der Waals surface area (Å²) in [7, 11) is 0. The van der Waals surface area contributed by atoms with Crippen LogP contribution in [0.2, 0.25) is 0 Å². The van der Waals surface area contributed by atoms with Gasteiger partial charge in [-0.15, -0.1) is 24.8 Å². The van der Waals surface area contributed by atoms with Crippen molar-refractivity contribution in [1.82, 2.24) is 19.9 Å². The molecule has 1 aromatic rings. The quantitative estimate of drug-likeness (QED) is 0.862. The van der Waals surface area contributed by atoms with Crippen molar-refractivity contribution in [3.05, 3.63) is 11.7 Å². The molecule has 0 atom stereocenters. The van der Waals surface area contributed by atoms with Crippen molar-refractivity contribution < 1.29 is 4.52 Å². The summed E-state index contributed by atoms with van der Waals surface area (Å²) in [4.78, 5) is 8.92. The van der Waals surface area contributed by atoms with Gasteiger partial charge in [0, 0.05) is 39.3 Å². The molecule has 2 heterocycles. The Labute approximate surface area is 120 Å². The Morgan fingerprint density at radius 2 is 1.78 bits per heavy atom. The Balaban J connectivity index is 0.00000144. The zero-order chi connectivity index (χ0) is 11.4. The molecule has 0 saturated carbocycles. The summed E-state index contributed by atoms with van der Waals surface area (Å²) < 4.78 is 5.10. The van der Waals surface area contributed by atoms with Gasteiger partial charge in [-0.1, -0.05) is 5.16 Å². The molecule has 0 radical (unpaired) electrons. The molecule has 0 spiro atoms. The van der Waals surface area contributed by atoms with E-state index in [-0.39, 0.29) is 24.8 Å². The Morgan fingerprint density at radius 1 is 1.17 bits per heavy atom. The molecule has 0 aliphatic carbocycles. The Morgan fingerprint density at radius 3 is 2.28 bits per heavy atom. The van der Waals surface area contributed by atoms with Crippen LogP contribution in [-0.4, -0.2) is 59.2 Å². The van der Waals surface area contributed by atoms with Gasteiger partial charge >= 0.3 is 0 Å². The fraction of sp³-hybridized carbons (Fsp3) is 0.800. The third-order valence-corrected chi connectivity index (χ3v) is 2.84. The first-order valence-corrected chi connectivity index (χ1v) is 5.72. The number of aryl methyl sites for hydroxylation is 1. The molecule has 0 aromatic carbocycles. The first kappa shape index (κ1) is 17.6. The molecule has 8 heteroatoms. The van der Waals surface area contributed by atoms with Crippen LogP contribution < -0.4 is 5.73 Å². The minimum atomic E-state index is 0. The highest BCUT2D eigenvalue weighted by molar-refractivity contribution is 5.85. The lowest BCUT2D eigenvalue weighted by molar-refractivity contribution is 0.119. The minimum Gasteiger partial charge on any atom is -0.338 e. The van der Waals surface area contributed by atoms with Crippen LogP contribution in [-0.2, 0) is 6.54 Å². The summed E-state index contributed by atoms with van der Waals surface area (Å²) in [5, 5.41) is 3.79. The Bertz CT molecular complexity index is 328. The molecule has 0 unspecified atom stereocenters. The maximum Gasteiger partial charge on any atom is 0.240 e. The lowest BCUT2D eigenvalue weighted by atomic mass is 10.3. The smallest absolute Gasteiger partial charge is 0.240 e. The van der Waals surface area contributed by atoms with Crippen molar-refractivity contribution in [3.63, 3.8) is 0 Å². The Hall–Kier alpha value is -0.400. The van der Waals surface area contributed by atoms with Crippen LogP contribution >= 0.6 is 24.8 Å². The number of aromatic nitrogens is 2. The van der Waals surface area contributed by atoms with Gasteiger partial charge in [0.15, 0.2) is 5.82 Å². The second kappa shape index (κ2) is 8.66. The second-order valence-electron chi connectivity index (χ2n) is 4.14. The molecule has 1 saturated heterocycles. The number of hydrogen-bond donors (Lipinski definition) is 1. The number of nitrogens with zero attached hydrogens (tertiary/aromatic N) is 4. The molecule has 1 aliphatic heterocycles. The normalized spacial score (nSPS) is 17.0. The molecule has 1 aliphatic rings. The summed E-state index contributed by atoms with van der Waals surface area (Å²) in [6.07, 6.45) is 0. The van der Waals surface area contributed by atoms with E-state index in [9.17, 15) is 0 Å². The predicted octanol–water partition coefficient (Wildman–Crippen LogP) is 0.298. The highest BCUT2D eigenvalue weighted by Gasteiger charge is 2.17. The van der Waals surface area contributed by atoms with Gasteiger partial charge in [-0.25, -0.2) is 0 Å². The zero-order valence-electron chi connectivity index (χ0n) is 10.5. The van der Waals surface area contributed by atoms with Crippen molar-refractivity contribution in [2.45, 2.75) is 13.5 Å². The maximum atomic E-state index is 5.53. The lowest BCUT2D eigenvalue weighted by Crippen LogP contribution is -2.47. The van der Waals surface area contributed by atoms with E-state index in [1.54, 1.807) is 0 Å². The molecule has 1 fully saturated rings. The van der Waals surface area contributed by atoms with Crippen molar-refractivity contribution in [3.8, 4) is 0 Å². The predicted molar refractivity (Wildman–Crippen MR) is 74.3 cm³/mol. The average Bonchev–Trinajstić information content (AvgIpc) is 2.67. The van der Waals surface area contributed by atoms with Crippen LogP contribution in [0, 0.1) is 6.92 Å². The highest BCUT2D eigenvalue weighted by atomic mass is 35.5. The van der Waals surface area contributed by atoms with E-state index in [0.717, 1.165) is 45.8 Å². The monoisotopic (exact) mass is 297 g/mol. The number of piperazine rings is 1. The van der Waals surface area contributed by atoms with Crippen molar-refractivity contribution in [1.29, 1.82) is 0 Å². The summed E-state index contributed by atoms with van der Waals surface area (Å²) >= 11 is 0. The highest BCUT2D eigenvalue weighted by Crippen LogP contribution is 2.06. The molecule has 2 rings (SSSR count). The fourth-order valence-corrected chi connectivity index (χ4v) is 1.95. The lowest BCUT2D eigenvalue weighted by Gasteiger charge is -2.33. The van der Waals surface area contributed by atoms with Gasteiger partial charge in [-0.05, 0) is 6.92 Å². The van der Waals surface area contributed by atoms with E-state index in [1.807, 2.05) is 6.92 Å². The van der Waals surface area contributed by atoms with Crippen LogP contribution in [0.1, 0.15) is 11.7 Å². The van der Waals surface area contributed by atoms with Gasteiger partial charge < -0.3 is 10.3 Å². The summed E-state index contributed by atoms with van der Waals surface area (Å²) in [5.74, 6) is 1.42. The number of nitrogens with two attached hydrogens (primary N) is 1. The average molecular weight is 298 g/mol. The van der Waals surface area contributed by atoms with E-state index in [1.165, 1.54) is 0 Å². The van der Waals surface area contributed by atoms with Crippen LogP contribution in [0.4, 0.5) is 0 Å². The van der Waals surface area contributed by atoms with Gasteiger partial charge in [0.05, 0.1) is 6.54 Å². The van der Waals surface area contributed by atoms with Crippen molar-refractivity contribution in [2.24, 2.45) is 5.73 Å². The molecule has 2 N–H and O–H groups in total. The van der Waals surface area contributed by atoms with E-state index in [4.69, 9.17) is 10.3 Å². The second-order valence-corrected chi connectivity index (χ2v) is 4.14. The first-order chi connectivity index (χ1) is 7.78. The molecule has 106 valence electrons. The number of hydrogen-bond acceptors (Lipinski definition) is 6. The van der Waals surface area contributed by atoms with E-state index < -0.39 is 0 Å². The van der Waals surface area contributed by atoms with E-state index in [2.05, 4.69) is 19.9 Å². The summed E-state index contributed by atoms with van der Waals surface area (Å²) in [6.45, 7) is 8.57. The third kappa shape index (κ3) is 5.07. The molecule has 0 bridgehead atoms. The van der Waals surface area contributed by atoms with Crippen LogP contribution in [0.25, 0.3) is 0 Å². The standard InChI is InChI=1S/C10H19N5O.2ClH/c1-9-12-10(16-13-9)8-15-6-4-14(3-2-11)5-7-15;;/h2-8,11H2,1H3;2*1H. The first-order valence-electron chi connectivity index (χ1n) is 5.72. The summed E-state index contributed by atoms with van der Waals surface area (Å²) in [6, 6.07) is 0. The van der Waals surface area contributed by atoms with Crippen molar-refractivity contribution in [2.75, 3.05) is 39.3 Å². The molecule has 1 aromatic heterocycles. The number of halogens is 2. The van der Waals surface area contributed by atoms with Gasteiger partial charge in [-0.3, -0.25) is 9.80 Å². The maximum absolute atomic E-state index is 5.53. The van der Waals surface area contributed by atoms with Crippen LogP contribution in [0.3, 0.4) is 0 Å². The third-order valence-electron chi connectivity index (χ3n) is 2.84. The van der Waals surface area contributed by atoms with Gasteiger partial charge in [0.2, 0.25) is 5.89 Å². The summed E-state index contributed by atoms with van der Waals surface area (Å²) in [5.41, 5.74) is 5.53. The molecular formula is C10H21Cl2N5O. The van der Waals surface area contributed by atoms with Gasteiger partial charge in [0.25, 0.3) is 0 Å². The zero-order valence-corrected chi connectivity index (χ0v) is 12.2. The number of rotatable bonds is 4. The molecule has 0 amide bonds. The molecular weight excluding hydrogens is 277 g/mol. The largest absolute Gasteiger partial charge is 0.338 e. The van der Waals surface area contributed by atoms with Crippen molar-refractivity contribution >= 4 is 24.8 Å². The van der Waals surface area contributed by atoms with Gasteiger partial charge in [0.1, 0.15) is 0 Å².